The molecule has 4 rings (SSSR count). The monoisotopic (exact) mass is 444 g/mol. The van der Waals surface area contributed by atoms with Gasteiger partial charge in [-0.3, -0.25) is 9.59 Å². The molecule has 3 aromatic rings. The lowest BCUT2D eigenvalue weighted by Gasteiger charge is -2.15. The van der Waals surface area contributed by atoms with Gasteiger partial charge in [0.1, 0.15) is 5.76 Å². The van der Waals surface area contributed by atoms with Gasteiger partial charge in [0.25, 0.3) is 0 Å². The van der Waals surface area contributed by atoms with E-state index in [0.717, 1.165) is 24.2 Å². The van der Waals surface area contributed by atoms with Crippen LogP contribution >= 0.6 is 0 Å². The maximum Gasteiger partial charge on any atom is 0.319 e. The summed E-state index contributed by atoms with van der Waals surface area (Å²) >= 11 is 0. The molecular formula is C25H24N4O4. The number of carbonyl (C=O) groups excluding carboxylic acids is 3. The van der Waals surface area contributed by atoms with Crippen molar-refractivity contribution in [2.24, 2.45) is 0 Å². The van der Waals surface area contributed by atoms with E-state index in [1.54, 1.807) is 53.6 Å². The highest BCUT2D eigenvalue weighted by atomic mass is 16.3. The number of nitrogens with zero attached hydrogens (tertiary/aromatic N) is 1. The number of urea groups is 1. The number of amides is 4. The Bertz CT molecular complexity index is 1140. The van der Waals surface area contributed by atoms with Gasteiger partial charge in [0.15, 0.2) is 0 Å². The van der Waals surface area contributed by atoms with E-state index in [0.29, 0.717) is 30.1 Å². The normalized spacial score (nSPS) is 13.3. The topological polar surface area (TPSA) is 104 Å². The largest absolute Gasteiger partial charge is 0.467 e. The second-order valence-corrected chi connectivity index (χ2v) is 7.53. The smallest absolute Gasteiger partial charge is 0.319 e. The highest BCUT2D eigenvalue weighted by Gasteiger charge is 2.21. The molecule has 4 amide bonds. The van der Waals surface area contributed by atoms with E-state index in [4.69, 9.17) is 4.42 Å². The number of carbonyl (C=O) groups is 3. The van der Waals surface area contributed by atoms with Crippen LogP contribution in [0.1, 0.15) is 24.2 Å². The Morgan fingerprint density at radius 1 is 0.970 bits per heavy atom. The summed E-state index contributed by atoms with van der Waals surface area (Å²) in [5, 5.41) is 8.19. The van der Waals surface area contributed by atoms with Gasteiger partial charge in [-0.1, -0.05) is 12.1 Å². The number of nitrogens with one attached hydrogen (secondary N) is 3. The molecule has 1 fully saturated rings. The molecule has 2 aromatic carbocycles. The lowest BCUT2D eigenvalue weighted by atomic mass is 10.2. The molecule has 1 aromatic heterocycles. The van der Waals surface area contributed by atoms with Gasteiger partial charge in [-0.05, 0) is 66.6 Å². The molecule has 8 nitrogen and oxygen atoms in total. The Morgan fingerprint density at radius 3 is 2.33 bits per heavy atom. The van der Waals surface area contributed by atoms with Crippen LogP contribution in [0.5, 0.6) is 0 Å². The molecule has 0 bridgehead atoms. The number of hydrogen-bond acceptors (Lipinski definition) is 4. The van der Waals surface area contributed by atoms with E-state index in [9.17, 15) is 14.4 Å². The van der Waals surface area contributed by atoms with E-state index < -0.39 is 0 Å². The van der Waals surface area contributed by atoms with Gasteiger partial charge in [0.2, 0.25) is 11.8 Å². The first kappa shape index (κ1) is 21.9. The molecule has 168 valence electrons. The van der Waals surface area contributed by atoms with Gasteiger partial charge in [-0.15, -0.1) is 0 Å². The Kier molecular flexibility index (Phi) is 6.84. The standard InChI is InChI=1S/C25H24N4O4/c30-23(14-7-18-5-12-21(13-6-18)29-15-1-4-24(29)31)27-19-8-10-20(11-9-19)28-25(32)26-17-22-3-2-16-33-22/h2-3,5-14,16H,1,4,15,17H2,(H,27,30)(H2,26,28,32)/b14-7+. The van der Waals surface area contributed by atoms with E-state index in [2.05, 4.69) is 16.0 Å². The van der Waals surface area contributed by atoms with Crippen molar-refractivity contribution in [2.45, 2.75) is 19.4 Å². The number of anilines is 3. The van der Waals surface area contributed by atoms with Crippen LogP contribution < -0.4 is 20.9 Å². The van der Waals surface area contributed by atoms with Crippen LogP contribution in [0.2, 0.25) is 0 Å². The summed E-state index contributed by atoms with van der Waals surface area (Å²) in [5.41, 5.74) is 2.94. The van der Waals surface area contributed by atoms with Crippen LogP contribution in [-0.2, 0) is 16.1 Å². The molecule has 1 aliphatic rings. The molecule has 0 aliphatic carbocycles. The lowest BCUT2D eigenvalue weighted by Crippen LogP contribution is -2.27. The number of hydrogen-bond donors (Lipinski definition) is 3. The summed E-state index contributed by atoms with van der Waals surface area (Å²) in [5.74, 6) is 0.535. The molecule has 2 heterocycles. The van der Waals surface area contributed by atoms with Crippen LogP contribution in [0, 0.1) is 0 Å². The fourth-order valence-corrected chi connectivity index (χ4v) is 3.44. The quantitative estimate of drug-likeness (QED) is 0.471. The molecule has 1 aliphatic heterocycles. The zero-order chi connectivity index (χ0) is 23.0. The van der Waals surface area contributed by atoms with Crippen molar-refractivity contribution < 1.29 is 18.8 Å². The molecule has 8 heteroatoms. The molecule has 33 heavy (non-hydrogen) atoms. The van der Waals surface area contributed by atoms with Crippen LogP contribution in [0.4, 0.5) is 21.9 Å². The third kappa shape index (κ3) is 6.10. The van der Waals surface area contributed by atoms with Gasteiger partial charge < -0.3 is 25.3 Å². The summed E-state index contributed by atoms with van der Waals surface area (Å²) < 4.78 is 5.16. The molecule has 0 spiro atoms. The van der Waals surface area contributed by atoms with Crippen LogP contribution in [-0.4, -0.2) is 24.4 Å². The molecule has 0 radical (unpaired) electrons. The van der Waals surface area contributed by atoms with Crippen molar-refractivity contribution in [3.8, 4) is 0 Å². The van der Waals surface area contributed by atoms with E-state index in [-0.39, 0.29) is 17.8 Å². The second kappa shape index (κ2) is 10.3. The van der Waals surface area contributed by atoms with Crippen LogP contribution in [0.3, 0.4) is 0 Å². The van der Waals surface area contributed by atoms with Gasteiger partial charge in [-0.2, -0.15) is 0 Å². The number of furan rings is 1. The lowest BCUT2D eigenvalue weighted by molar-refractivity contribution is -0.117. The zero-order valence-corrected chi connectivity index (χ0v) is 17.9. The number of rotatable bonds is 7. The maximum atomic E-state index is 12.2. The van der Waals surface area contributed by atoms with Gasteiger partial charge >= 0.3 is 6.03 Å². The van der Waals surface area contributed by atoms with E-state index in [1.165, 1.54) is 6.08 Å². The first-order valence-electron chi connectivity index (χ1n) is 10.6. The van der Waals surface area contributed by atoms with Crippen molar-refractivity contribution in [2.75, 3.05) is 22.1 Å². The Balaban J connectivity index is 1.24. The summed E-state index contributed by atoms with van der Waals surface area (Å²) in [6.45, 7) is 1.04. The molecule has 3 N–H and O–H groups in total. The van der Waals surface area contributed by atoms with Crippen LogP contribution in [0.15, 0.2) is 77.4 Å². The van der Waals surface area contributed by atoms with Crippen molar-refractivity contribution in [1.82, 2.24) is 5.32 Å². The molecule has 0 atom stereocenters. The summed E-state index contributed by atoms with van der Waals surface area (Å²) in [6.07, 6.45) is 6.19. The van der Waals surface area contributed by atoms with Crippen molar-refractivity contribution in [3.05, 3.63) is 84.3 Å². The van der Waals surface area contributed by atoms with E-state index in [1.807, 2.05) is 24.3 Å². The maximum absolute atomic E-state index is 12.2. The first-order chi connectivity index (χ1) is 16.1. The highest BCUT2D eigenvalue weighted by molar-refractivity contribution is 6.02. The van der Waals surface area contributed by atoms with Gasteiger partial charge in [-0.25, -0.2) is 4.79 Å². The molecule has 0 unspecified atom stereocenters. The van der Waals surface area contributed by atoms with Crippen molar-refractivity contribution in [1.29, 1.82) is 0 Å². The van der Waals surface area contributed by atoms with Crippen molar-refractivity contribution >= 4 is 41.0 Å². The number of benzene rings is 2. The zero-order valence-electron chi connectivity index (χ0n) is 17.9. The predicted molar refractivity (Wildman–Crippen MR) is 127 cm³/mol. The second-order valence-electron chi connectivity index (χ2n) is 7.53. The van der Waals surface area contributed by atoms with E-state index >= 15 is 0 Å². The van der Waals surface area contributed by atoms with Crippen LogP contribution in [0.25, 0.3) is 6.08 Å². The van der Waals surface area contributed by atoms with Gasteiger partial charge in [0, 0.05) is 36.1 Å². The Labute approximate surface area is 191 Å². The summed E-state index contributed by atoms with van der Waals surface area (Å²) in [4.78, 5) is 37.8. The molecular weight excluding hydrogens is 420 g/mol. The van der Waals surface area contributed by atoms with Gasteiger partial charge in [0.05, 0.1) is 12.8 Å². The third-order valence-corrected chi connectivity index (χ3v) is 5.12. The average Bonchev–Trinajstić information content (AvgIpc) is 3.50. The minimum atomic E-state index is -0.355. The minimum Gasteiger partial charge on any atom is -0.467 e. The first-order valence-corrected chi connectivity index (χ1v) is 10.6. The highest BCUT2D eigenvalue weighted by Crippen LogP contribution is 2.22. The summed E-state index contributed by atoms with van der Waals surface area (Å²) in [6, 6.07) is 17.5. The molecule has 0 saturated carbocycles. The Hall–Kier alpha value is -4.33. The Morgan fingerprint density at radius 2 is 1.70 bits per heavy atom. The minimum absolute atomic E-state index is 0.147. The average molecular weight is 444 g/mol. The molecule has 1 saturated heterocycles. The summed E-state index contributed by atoms with van der Waals surface area (Å²) in [7, 11) is 0. The fourth-order valence-electron chi connectivity index (χ4n) is 3.44. The SMILES string of the molecule is O=C(/C=C/c1ccc(N2CCCC2=O)cc1)Nc1ccc(NC(=O)NCc2ccco2)cc1. The predicted octanol–water partition coefficient (Wildman–Crippen LogP) is 4.38. The fraction of sp³-hybridized carbons (Fsp3) is 0.160. The third-order valence-electron chi connectivity index (χ3n) is 5.12. The van der Waals surface area contributed by atoms with Crippen molar-refractivity contribution in [3.63, 3.8) is 0 Å².